The molecule has 0 heterocycles. The van der Waals surface area contributed by atoms with E-state index in [9.17, 15) is 9.59 Å². The fraction of sp³-hybridized carbons (Fsp3) is 0.600. The van der Waals surface area contributed by atoms with E-state index in [2.05, 4.69) is 15.9 Å². The number of allylic oxidation sites excluding steroid dienone is 4. The van der Waals surface area contributed by atoms with Crippen LogP contribution >= 0.6 is 15.9 Å². The van der Waals surface area contributed by atoms with E-state index >= 15 is 0 Å². The zero-order valence-corrected chi connectivity index (χ0v) is 12.8. The molecule has 18 heavy (non-hydrogen) atoms. The van der Waals surface area contributed by atoms with Crippen LogP contribution in [0.2, 0.25) is 0 Å². The van der Waals surface area contributed by atoms with Gasteiger partial charge in [-0.3, -0.25) is 9.59 Å². The van der Waals surface area contributed by atoms with Crippen LogP contribution in [0.3, 0.4) is 0 Å². The van der Waals surface area contributed by atoms with Crippen LogP contribution in [-0.2, 0) is 9.59 Å². The topological polar surface area (TPSA) is 34.1 Å². The largest absolute Gasteiger partial charge is 0.290 e. The van der Waals surface area contributed by atoms with Crippen molar-refractivity contribution < 1.29 is 9.59 Å². The molecule has 0 N–H and O–H groups in total. The summed E-state index contributed by atoms with van der Waals surface area (Å²) in [5, 5.41) is 1.06. The van der Waals surface area contributed by atoms with Crippen LogP contribution in [-0.4, -0.2) is 16.9 Å². The maximum absolute atomic E-state index is 12.0. The molecule has 0 aromatic rings. The Balaban J connectivity index is 2.38. The third-order valence-corrected chi connectivity index (χ3v) is 4.01. The molecule has 2 nitrogen and oxygen atoms in total. The van der Waals surface area contributed by atoms with Crippen molar-refractivity contribution in [1.29, 1.82) is 0 Å². The first kappa shape index (κ1) is 15.4. The molecular weight excluding hydrogens is 292 g/mol. The quantitative estimate of drug-likeness (QED) is 0.402. The molecular formula is C15H21BrO2. The van der Waals surface area contributed by atoms with E-state index in [0.717, 1.165) is 24.6 Å². The molecule has 100 valence electrons. The number of ketones is 2. The molecule has 0 atom stereocenters. The van der Waals surface area contributed by atoms with Crippen molar-refractivity contribution in [1.82, 2.24) is 0 Å². The number of hydrogen-bond acceptors (Lipinski definition) is 2. The van der Waals surface area contributed by atoms with E-state index in [0.29, 0.717) is 16.7 Å². The maximum atomic E-state index is 12.0. The van der Waals surface area contributed by atoms with Crippen molar-refractivity contribution in [2.75, 3.05) is 5.33 Å². The second-order valence-corrected chi connectivity index (χ2v) is 5.61. The Morgan fingerprint density at radius 1 is 0.944 bits per heavy atom. The number of rotatable bonds is 7. The minimum atomic E-state index is 0.00129. The van der Waals surface area contributed by atoms with Gasteiger partial charge in [-0.15, -0.1) is 0 Å². The van der Waals surface area contributed by atoms with Crippen molar-refractivity contribution in [3.05, 3.63) is 22.8 Å². The first-order chi connectivity index (χ1) is 8.57. The zero-order valence-electron chi connectivity index (χ0n) is 11.2. The molecule has 0 aliphatic heterocycles. The maximum Gasteiger partial charge on any atom is 0.185 e. The molecule has 1 aliphatic rings. The lowest BCUT2D eigenvalue weighted by atomic mass is 9.88. The molecule has 3 heteroatoms. The molecule has 0 spiro atoms. The van der Waals surface area contributed by atoms with Crippen LogP contribution < -0.4 is 0 Å². The number of Topliss-reactive ketones (excluding diaryl/α,β-unsaturated/α-hetero) is 1. The highest BCUT2D eigenvalue weighted by molar-refractivity contribution is 9.09. The van der Waals surface area contributed by atoms with Crippen LogP contribution in [0.25, 0.3) is 0 Å². The summed E-state index contributed by atoms with van der Waals surface area (Å²) in [5.74, 6) is 0.0638. The highest BCUT2D eigenvalue weighted by Gasteiger charge is 2.22. The Labute approximate surface area is 118 Å². The molecule has 1 rings (SSSR count). The highest BCUT2D eigenvalue weighted by atomic mass is 79.9. The Kier molecular flexibility index (Phi) is 6.55. The van der Waals surface area contributed by atoms with E-state index in [1.165, 1.54) is 25.3 Å². The Morgan fingerprint density at radius 3 is 2.22 bits per heavy atom. The Bertz CT molecular complexity index is 391. The van der Waals surface area contributed by atoms with Gasteiger partial charge in [-0.2, -0.15) is 0 Å². The lowest BCUT2D eigenvalue weighted by molar-refractivity contribution is -0.116. The molecule has 0 aromatic carbocycles. The van der Waals surface area contributed by atoms with E-state index < -0.39 is 0 Å². The van der Waals surface area contributed by atoms with Gasteiger partial charge in [-0.1, -0.05) is 35.2 Å². The third kappa shape index (κ3) is 4.20. The average molecular weight is 313 g/mol. The van der Waals surface area contributed by atoms with Crippen LogP contribution in [0.5, 0.6) is 0 Å². The van der Waals surface area contributed by atoms with Gasteiger partial charge in [-0.05, 0) is 39.2 Å². The van der Waals surface area contributed by atoms with Gasteiger partial charge in [-0.25, -0.2) is 0 Å². The number of carbonyl (C=O) groups excluding carboxylic acids is 2. The highest BCUT2D eigenvalue weighted by Crippen LogP contribution is 2.22. The van der Waals surface area contributed by atoms with Gasteiger partial charge in [0.15, 0.2) is 11.6 Å². The summed E-state index contributed by atoms with van der Waals surface area (Å²) in [6.45, 7) is 3.47. The summed E-state index contributed by atoms with van der Waals surface area (Å²) >= 11 is 3.41. The average Bonchev–Trinajstić information content (AvgIpc) is 2.37. The summed E-state index contributed by atoms with van der Waals surface area (Å²) in [4.78, 5) is 23.6. The fourth-order valence-corrected chi connectivity index (χ4v) is 2.45. The van der Waals surface area contributed by atoms with E-state index in [1.54, 1.807) is 13.8 Å². The molecule has 0 radical (unpaired) electrons. The molecule has 0 fully saturated rings. The zero-order chi connectivity index (χ0) is 13.5. The van der Waals surface area contributed by atoms with E-state index in [-0.39, 0.29) is 11.6 Å². The van der Waals surface area contributed by atoms with Gasteiger partial charge in [0, 0.05) is 22.0 Å². The Morgan fingerprint density at radius 2 is 1.56 bits per heavy atom. The predicted octanol–water partition coefficient (Wildman–Crippen LogP) is 4.14. The SMILES string of the molecule is CC1=C(C)C(=O)C(CCCCCCCBr)=CC1=O. The summed E-state index contributed by atoms with van der Waals surface area (Å²) in [6.07, 6.45) is 8.05. The normalized spacial score (nSPS) is 16.3. The number of carbonyl (C=O) groups is 2. The van der Waals surface area contributed by atoms with Gasteiger partial charge in [0.25, 0.3) is 0 Å². The number of hydrogen-bond donors (Lipinski definition) is 0. The van der Waals surface area contributed by atoms with Gasteiger partial charge in [0.1, 0.15) is 0 Å². The molecule has 0 saturated carbocycles. The molecule has 0 unspecified atom stereocenters. The standard InChI is InChI=1S/C15H21BrO2/c1-11-12(2)15(18)13(10-14(11)17)8-6-4-3-5-7-9-16/h10H,3-9H2,1-2H3. The second-order valence-electron chi connectivity index (χ2n) is 4.82. The first-order valence-electron chi connectivity index (χ1n) is 6.61. The summed E-state index contributed by atoms with van der Waals surface area (Å²) in [5.41, 5.74) is 1.92. The third-order valence-electron chi connectivity index (χ3n) is 3.45. The lowest BCUT2D eigenvalue weighted by Gasteiger charge is -2.14. The van der Waals surface area contributed by atoms with Gasteiger partial charge in [0.2, 0.25) is 0 Å². The fourth-order valence-electron chi connectivity index (χ4n) is 2.05. The number of halogens is 1. The lowest BCUT2D eigenvalue weighted by Crippen LogP contribution is -2.16. The molecule has 1 aliphatic carbocycles. The molecule has 0 saturated heterocycles. The number of alkyl halides is 1. The van der Waals surface area contributed by atoms with Crippen LogP contribution in [0, 0.1) is 0 Å². The van der Waals surface area contributed by atoms with Crippen molar-refractivity contribution in [3.63, 3.8) is 0 Å². The monoisotopic (exact) mass is 312 g/mol. The van der Waals surface area contributed by atoms with Crippen molar-refractivity contribution in [3.8, 4) is 0 Å². The number of unbranched alkanes of at least 4 members (excludes halogenated alkanes) is 4. The first-order valence-corrected chi connectivity index (χ1v) is 7.73. The minimum Gasteiger partial charge on any atom is -0.290 e. The molecule has 0 bridgehead atoms. The van der Waals surface area contributed by atoms with Crippen LogP contribution in [0.15, 0.2) is 22.8 Å². The molecule has 0 amide bonds. The van der Waals surface area contributed by atoms with Crippen molar-refractivity contribution >= 4 is 27.5 Å². The predicted molar refractivity (Wildman–Crippen MR) is 78.0 cm³/mol. The van der Waals surface area contributed by atoms with Crippen LogP contribution in [0.4, 0.5) is 0 Å². The van der Waals surface area contributed by atoms with Crippen molar-refractivity contribution in [2.45, 2.75) is 52.4 Å². The molecule has 0 aromatic heterocycles. The smallest absolute Gasteiger partial charge is 0.185 e. The van der Waals surface area contributed by atoms with Gasteiger partial charge >= 0.3 is 0 Å². The van der Waals surface area contributed by atoms with Gasteiger partial charge in [0.05, 0.1) is 0 Å². The van der Waals surface area contributed by atoms with Crippen molar-refractivity contribution in [2.24, 2.45) is 0 Å². The minimum absolute atomic E-state index is 0.00129. The summed E-state index contributed by atoms with van der Waals surface area (Å²) in [6, 6.07) is 0. The summed E-state index contributed by atoms with van der Waals surface area (Å²) < 4.78 is 0. The van der Waals surface area contributed by atoms with Crippen LogP contribution in [0.1, 0.15) is 52.4 Å². The van der Waals surface area contributed by atoms with E-state index in [1.807, 2.05) is 0 Å². The van der Waals surface area contributed by atoms with E-state index in [4.69, 9.17) is 0 Å². The Hall–Kier alpha value is -0.700. The van der Waals surface area contributed by atoms with Gasteiger partial charge < -0.3 is 0 Å². The summed E-state index contributed by atoms with van der Waals surface area (Å²) in [7, 11) is 0. The second kappa shape index (κ2) is 7.67.